The van der Waals surface area contributed by atoms with Gasteiger partial charge in [0.1, 0.15) is 0 Å². The quantitative estimate of drug-likeness (QED) is 0.877. The van der Waals surface area contributed by atoms with Crippen molar-refractivity contribution in [1.82, 2.24) is 5.32 Å². The van der Waals surface area contributed by atoms with E-state index in [1.54, 1.807) is 6.07 Å². The summed E-state index contributed by atoms with van der Waals surface area (Å²) in [6, 6.07) is 5.41. The van der Waals surface area contributed by atoms with Gasteiger partial charge in [-0.25, -0.2) is 8.42 Å². The summed E-state index contributed by atoms with van der Waals surface area (Å²) in [4.78, 5) is 0.410. The van der Waals surface area contributed by atoms with E-state index in [0.29, 0.717) is 4.90 Å². The van der Waals surface area contributed by atoms with E-state index in [1.807, 2.05) is 19.1 Å². The predicted octanol–water partition coefficient (Wildman–Crippen LogP) is 2.00. The molecule has 1 aliphatic heterocycles. The summed E-state index contributed by atoms with van der Waals surface area (Å²) < 4.78 is 23.2. The van der Waals surface area contributed by atoms with Crippen LogP contribution >= 0.6 is 0 Å². The Morgan fingerprint density at radius 1 is 1.35 bits per heavy atom. The van der Waals surface area contributed by atoms with Gasteiger partial charge in [0.2, 0.25) is 0 Å². The summed E-state index contributed by atoms with van der Waals surface area (Å²) >= 11 is 0. The fourth-order valence-corrected chi connectivity index (χ4v) is 3.20. The van der Waals surface area contributed by atoms with Crippen LogP contribution in [0.15, 0.2) is 23.1 Å². The highest BCUT2D eigenvalue weighted by Crippen LogP contribution is 2.33. The molecule has 1 aliphatic rings. The third-order valence-electron chi connectivity index (χ3n) is 3.60. The van der Waals surface area contributed by atoms with Crippen molar-refractivity contribution in [1.29, 1.82) is 0 Å². The van der Waals surface area contributed by atoms with Crippen LogP contribution in [0.2, 0.25) is 0 Å². The second-order valence-electron chi connectivity index (χ2n) is 5.11. The van der Waals surface area contributed by atoms with Crippen molar-refractivity contribution in [3.05, 3.63) is 29.3 Å². The minimum absolute atomic E-state index is 0.0786. The van der Waals surface area contributed by atoms with Crippen molar-refractivity contribution in [3.8, 4) is 0 Å². The number of aryl methyl sites for hydroxylation is 1. The molecule has 1 heterocycles. The number of nitrogens with one attached hydrogen (secondary N) is 1. The second kappa shape index (κ2) is 4.10. The molecular formula is C13H19NO2S. The standard InChI is InChI=1S/C13H19NO2S/c1-10-5-6-11(17(3,15)16)9-12(10)13(2)7-4-8-14-13/h5-6,9,14H,4,7-8H2,1-3H3. The lowest BCUT2D eigenvalue weighted by Crippen LogP contribution is -2.34. The molecule has 1 N–H and O–H groups in total. The monoisotopic (exact) mass is 253 g/mol. The van der Waals surface area contributed by atoms with Crippen LogP contribution in [0, 0.1) is 6.92 Å². The average molecular weight is 253 g/mol. The van der Waals surface area contributed by atoms with Crippen LogP contribution in [-0.4, -0.2) is 21.2 Å². The third-order valence-corrected chi connectivity index (χ3v) is 4.71. The smallest absolute Gasteiger partial charge is 0.175 e. The van der Waals surface area contributed by atoms with Crippen molar-refractivity contribution < 1.29 is 8.42 Å². The first-order valence-electron chi connectivity index (χ1n) is 5.89. The molecule has 0 amide bonds. The van der Waals surface area contributed by atoms with E-state index in [-0.39, 0.29) is 5.54 Å². The highest BCUT2D eigenvalue weighted by Gasteiger charge is 2.31. The van der Waals surface area contributed by atoms with Crippen LogP contribution in [-0.2, 0) is 15.4 Å². The molecule has 0 radical (unpaired) electrons. The number of rotatable bonds is 2. The van der Waals surface area contributed by atoms with E-state index in [0.717, 1.165) is 30.5 Å². The first-order chi connectivity index (χ1) is 7.83. The Bertz CT molecular complexity index is 528. The van der Waals surface area contributed by atoms with Crippen LogP contribution in [0.4, 0.5) is 0 Å². The summed E-state index contributed by atoms with van der Waals surface area (Å²) in [6.07, 6.45) is 3.45. The van der Waals surface area contributed by atoms with Gasteiger partial charge >= 0.3 is 0 Å². The molecule has 1 saturated heterocycles. The van der Waals surface area contributed by atoms with Crippen LogP contribution in [0.1, 0.15) is 30.9 Å². The van der Waals surface area contributed by atoms with Gasteiger partial charge in [-0.3, -0.25) is 0 Å². The minimum Gasteiger partial charge on any atom is -0.308 e. The van der Waals surface area contributed by atoms with Crippen LogP contribution < -0.4 is 5.32 Å². The molecule has 0 spiro atoms. The molecule has 1 atom stereocenters. The van der Waals surface area contributed by atoms with Crippen molar-refractivity contribution in [2.24, 2.45) is 0 Å². The van der Waals surface area contributed by atoms with Crippen molar-refractivity contribution in [3.63, 3.8) is 0 Å². The lowest BCUT2D eigenvalue weighted by molar-refractivity contribution is 0.431. The summed E-state index contributed by atoms with van der Waals surface area (Å²) in [7, 11) is -3.13. The highest BCUT2D eigenvalue weighted by molar-refractivity contribution is 7.90. The fraction of sp³-hybridized carbons (Fsp3) is 0.538. The highest BCUT2D eigenvalue weighted by atomic mass is 32.2. The Morgan fingerprint density at radius 3 is 2.59 bits per heavy atom. The first-order valence-corrected chi connectivity index (χ1v) is 7.78. The second-order valence-corrected chi connectivity index (χ2v) is 7.13. The van der Waals surface area contributed by atoms with Crippen molar-refractivity contribution in [2.75, 3.05) is 12.8 Å². The number of hydrogen-bond donors (Lipinski definition) is 1. The summed E-state index contributed by atoms with van der Waals surface area (Å²) in [5, 5.41) is 3.47. The molecule has 94 valence electrons. The van der Waals surface area contributed by atoms with Gasteiger partial charge in [0, 0.05) is 11.8 Å². The Morgan fingerprint density at radius 2 is 2.06 bits per heavy atom. The molecule has 4 heteroatoms. The molecule has 1 unspecified atom stereocenters. The molecule has 1 fully saturated rings. The van der Waals surface area contributed by atoms with E-state index in [2.05, 4.69) is 12.2 Å². The number of sulfone groups is 1. The van der Waals surface area contributed by atoms with Gasteiger partial charge in [0.15, 0.2) is 9.84 Å². The zero-order valence-electron chi connectivity index (χ0n) is 10.6. The van der Waals surface area contributed by atoms with Crippen LogP contribution in [0.25, 0.3) is 0 Å². The zero-order chi connectivity index (χ0) is 12.7. The summed E-state index contributed by atoms with van der Waals surface area (Å²) in [5.74, 6) is 0. The molecular weight excluding hydrogens is 234 g/mol. The van der Waals surface area contributed by atoms with E-state index in [1.165, 1.54) is 6.26 Å². The van der Waals surface area contributed by atoms with Gasteiger partial charge in [0.05, 0.1) is 4.90 Å². The third kappa shape index (κ3) is 2.38. The number of hydrogen-bond acceptors (Lipinski definition) is 3. The summed E-state index contributed by atoms with van der Waals surface area (Å²) in [5.41, 5.74) is 2.18. The zero-order valence-corrected chi connectivity index (χ0v) is 11.4. The molecule has 1 aromatic rings. The Hall–Kier alpha value is -0.870. The Kier molecular flexibility index (Phi) is 3.04. The predicted molar refractivity (Wildman–Crippen MR) is 68.9 cm³/mol. The Labute approximate surface area is 103 Å². The molecule has 0 saturated carbocycles. The maximum Gasteiger partial charge on any atom is 0.175 e. The van der Waals surface area contributed by atoms with Crippen LogP contribution in [0.3, 0.4) is 0 Å². The fourth-order valence-electron chi connectivity index (χ4n) is 2.55. The van der Waals surface area contributed by atoms with E-state index in [9.17, 15) is 8.42 Å². The SMILES string of the molecule is Cc1ccc(S(C)(=O)=O)cc1C1(C)CCCN1. The molecule has 0 aliphatic carbocycles. The van der Waals surface area contributed by atoms with Gasteiger partial charge < -0.3 is 5.32 Å². The van der Waals surface area contributed by atoms with Gasteiger partial charge in [0.25, 0.3) is 0 Å². The van der Waals surface area contributed by atoms with Crippen LogP contribution in [0.5, 0.6) is 0 Å². The largest absolute Gasteiger partial charge is 0.308 e. The topological polar surface area (TPSA) is 46.2 Å². The minimum atomic E-state index is -3.13. The lowest BCUT2D eigenvalue weighted by atomic mass is 9.87. The Balaban J connectivity index is 2.54. The van der Waals surface area contributed by atoms with Crippen molar-refractivity contribution in [2.45, 2.75) is 37.1 Å². The van der Waals surface area contributed by atoms with Crippen molar-refractivity contribution >= 4 is 9.84 Å². The lowest BCUT2D eigenvalue weighted by Gasteiger charge is -2.27. The molecule has 3 nitrogen and oxygen atoms in total. The van der Waals surface area contributed by atoms with Gasteiger partial charge in [-0.2, -0.15) is 0 Å². The molecule has 2 rings (SSSR count). The average Bonchev–Trinajstić information content (AvgIpc) is 2.65. The number of benzene rings is 1. The van der Waals surface area contributed by atoms with Gasteiger partial charge in [-0.05, 0) is 56.5 Å². The van der Waals surface area contributed by atoms with E-state index < -0.39 is 9.84 Å². The normalized spacial score (nSPS) is 25.1. The van der Waals surface area contributed by atoms with E-state index >= 15 is 0 Å². The maximum absolute atomic E-state index is 11.6. The van der Waals surface area contributed by atoms with Gasteiger partial charge in [-0.1, -0.05) is 6.07 Å². The molecule has 17 heavy (non-hydrogen) atoms. The first kappa shape index (κ1) is 12.6. The molecule has 1 aromatic carbocycles. The molecule has 0 aromatic heterocycles. The summed E-state index contributed by atoms with van der Waals surface area (Å²) in [6.45, 7) is 5.18. The van der Waals surface area contributed by atoms with E-state index in [4.69, 9.17) is 0 Å². The van der Waals surface area contributed by atoms with Gasteiger partial charge in [-0.15, -0.1) is 0 Å². The maximum atomic E-state index is 11.6. The molecule has 0 bridgehead atoms.